The number of carbonyl (C=O) groups is 1. The second-order valence-corrected chi connectivity index (χ2v) is 5.70. The fourth-order valence-electron chi connectivity index (χ4n) is 2.52. The van der Waals surface area contributed by atoms with E-state index >= 15 is 0 Å². The standard InChI is InChI=1S/C13H25NO2/c1-5-6-13(4,12(15)16)14-11-7-10(8-11)9(2)3/h9-11,14H,5-8H2,1-4H3,(H,15,16). The Morgan fingerprint density at radius 1 is 1.50 bits per heavy atom. The van der Waals surface area contributed by atoms with Crippen LogP contribution in [-0.4, -0.2) is 22.7 Å². The van der Waals surface area contributed by atoms with Crippen molar-refractivity contribution in [2.24, 2.45) is 11.8 Å². The molecule has 1 aliphatic carbocycles. The van der Waals surface area contributed by atoms with Gasteiger partial charge < -0.3 is 5.11 Å². The minimum atomic E-state index is -0.735. The predicted octanol–water partition coefficient (Wildman–Crippen LogP) is 2.65. The zero-order chi connectivity index (χ0) is 12.3. The van der Waals surface area contributed by atoms with E-state index in [2.05, 4.69) is 19.2 Å². The van der Waals surface area contributed by atoms with Crippen molar-refractivity contribution in [1.82, 2.24) is 5.32 Å². The first-order valence-electron chi connectivity index (χ1n) is 6.40. The summed E-state index contributed by atoms with van der Waals surface area (Å²) in [4.78, 5) is 11.2. The third-order valence-electron chi connectivity index (χ3n) is 3.86. The van der Waals surface area contributed by atoms with Gasteiger partial charge in [-0.25, -0.2) is 0 Å². The highest BCUT2D eigenvalue weighted by atomic mass is 16.4. The molecule has 3 heteroatoms. The van der Waals surface area contributed by atoms with Gasteiger partial charge in [0, 0.05) is 6.04 Å². The molecule has 0 aliphatic heterocycles. The topological polar surface area (TPSA) is 49.3 Å². The molecule has 0 aromatic carbocycles. The molecule has 1 aliphatic rings. The number of hydrogen-bond donors (Lipinski definition) is 2. The molecule has 0 saturated heterocycles. The van der Waals surface area contributed by atoms with Gasteiger partial charge in [0.05, 0.1) is 0 Å². The van der Waals surface area contributed by atoms with Crippen molar-refractivity contribution in [2.75, 3.05) is 0 Å². The number of hydrogen-bond acceptors (Lipinski definition) is 2. The van der Waals surface area contributed by atoms with E-state index in [-0.39, 0.29) is 0 Å². The number of nitrogens with one attached hydrogen (secondary N) is 1. The summed E-state index contributed by atoms with van der Waals surface area (Å²) in [5, 5.41) is 12.6. The Labute approximate surface area is 98.6 Å². The molecular formula is C13H25NO2. The minimum absolute atomic E-state index is 0.403. The third kappa shape index (κ3) is 2.97. The van der Waals surface area contributed by atoms with Crippen LogP contribution in [0.4, 0.5) is 0 Å². The van der Waals surface area contributed by atoms with Gasteiger partial charge in [0.25, 0.3) is 0 Å². The van der Waals surface area contributed by atoms with Crippen LogP contribution in [0.5, 0.6) is 0 Å². The fraction of sp³-hybridized carbons (Fsp3) is 0.923. The van der Waals surface area contributed by atoms with Crippen LogP contribution >= 0.6 is 0 Å². The SMILES string of the molecule is CCCC(C)(NC1CC(C(C)C)C1)C(=O)O. The van der Waals surface area contributed by atoms with Gasteiger partial charge in [-0.2, -0.15) is 0 Å². The Balaban J connectivity index is 2.44. The van der Waals surface area contributed by atoms with Gasteiger partial charge in [-0.3, -0.25) is 10.1 Å². The highest BCUT2D eigenvalue weighted by molar-refractivity contribution is 5.78. The molecule has 0 bridgehead atoms. The van der Waals surface area contributed by atoms with Crippen molar-refractivity contribution in [1.29, 1.82) is 0 Å². The van der Waals surface area contributed by atoms with Crippen molar-refractivity contribution in [3.8, 4) is 0 Å². The van der Waals surface area contributed by atoms with Crippen molar-refractivity contribution in [3.63, 3.8) is 0 Å². The van der Waals surface area contributed by atoms with Gasteiger partial charge >= 0.3 is 5.97 Å². The van der Waals surface area contributed by atoms with E-state index in [1.807, 2.05) is 13.8 Å². The van der Waals surface area contributed by atoms with Crippen LogP contribution in [0.3, 0.4) is 0 Å². The lowest BCUT2D eigenvalue weighted by molar-refractivity contribution is -0.145. The van der Waals surface area contributed by atoms with Gasteiger partial charge in [0.2, 0.25) is 0 Å². The van der Waals surface area contributed by atoms with Gasteiger partial charge in [0.15, 0.2) is 0 Å². The van der Waals surface area contributed by atoms with E-state index in [9.17, 15) is 9.90 Å². The van der Waals surface area contributed by atoms with Crippen molar-refractivity contribution in [3.05, 3.63) is 0 Å². The van der Waals surface area contributed by atoms with Gasteiger partial charge in [-0.05, 0) is 38.0 Å². The number of carboxylic acids is 1. The van der Waals surface area contributed by atoms with E-state index in [4.69, 9.17) is 0 Å². The molecule has 16 heavy (non-hydrogen) atoms. The summed E-state index contributed by atoms with van der Waals surface area (Å²) < 4.78 is 0. The summed E-state index contributed by atoms with van der Waals surface area (Å²) in [5.74, 6) is 0.778. The molecule has 0 aromatic rings. The normalized spacial score (nSPS) is 28.6. The largest absolute Gasteiger partial charge is 0.480 e. The summed E-state index contributed by atoms with van der Waals surface area (Å²) in [6.45, 7) is 8.31. The van der Waals surface area contributed by atoms with Crippen LogP contribution in [-0.2, 0) is 4.79 Å². The second-order valence-electron chi connectivity index (χ2n) is 5.70. The predicted molar refractivity (Wildman–Crippen MR) is 65.4 cm³/mol. The van der Waals surface area contributed by atoms with Gasteiger partial charge in [-0.1, -0.05) is 27.2 Å². The quantitative estimate of drug-likeness (QED) is 0.733. The fourth-order valence-corrected chi connectivity index (χ4v) is 2.52. The molecular weight excluding hydrogens is 202 g/mol. The summed E-state index contributed by atoms with van der Waals surface area (Å²) >= 11 is 0. The van der Waals surface area contributed by atoms with Crippen LogP contribution in [0.2, 0.25) is 0 Å². The molecule has 0 radical (unpaired) electrons. The lowest BCUT2D eigenvalue weighted by Gasteiger charge is -2.42. The number of aliphatic carboxylic acids is 1. The average molecular weight is 227 g/mol. The lowest BCUT2D eigenvalue weighted by atomic mass is 9.72. The molecule has 0 amide bonds. The highest BCUT2D eigenvalue weighted by Gasteiger charge is 2.39. The molecule has 0 spiro atoms. The highest BCUT2D eigenvalue weighted by Crippen LogP contribution is 2.35. The summed E-state index contributed by atoms with van der Waals surface area (Å²) in [6, 6.07) is 0.403. The molecule has 1 saturated carbocycles. The van der Waals surface area contributed by atoms with Crippen molar-refractivity contribution in [2.45, 2.75) is 65.0 Å². The zero-order valence-electron chi connectivity index (χ0n) is 10.9. The van der Waals surface area contributed by atoms with E-state index in [1.165, 1.54) is 0 Å². The molecule has 3 nitrogen and oxygen atoms in total. The van der Waals surface area contributed by atoms with Crippen LogP contribution in [0.15, 0.2) is 0 Å². The smallest absolute Gasteiger partial charge is 0.323 e. The molecule has 1 atom stereocenters. The van der Waals surface area contributed by atoms with E-state index in [0.29, 0.717) is 12.5 Å². The van der Waals surface area contributed by atoms with Crippen LogP contribution < -0.4 is 5.32 Å². The Hall–Kier alpha value is -0.570. The maximum Gasteiger partial charge on any atom is 0.323 e. The molecule has 0 aromatic heterocycles. The first-order chi connectivity index (χ1) is 7.39. The Bertz CT molecular complexity index is 246. The number of carboxylic acid groups (broad SMARTS) is 1. The first kappa shape index (κ1) is 13.5. The second kappa shape index (κ2) is 5.17. The van der Waals surface area contributed by atoms with Gasteiger partial charge in [-0.15, -0.1) is 0 Å². The molecule has 1 rings (SSSR count). The Morgan fingerprint density at radius 2 is 2.06 bits per heavy atom. The van der Waals surface area contributed by atoms with Crippen molar-refractivity contribution >= 4 is 5.97 Å². The lowest BCUT2D eigenvalue weighted by Crippen LogP contribution is -2.57. The monoisotopic (exact) mass is 227 g/mol. The van der Waals surface area contributed by atoms with Crippen LogP contribution in [0.1, 0.15) is 53.4 Å². The Kier molecular flexibility index (Phi) is 4.36. The zero-order valence-corrected chi connectivity index (χ0v) is 10.9. The maximum atomic E-state index is 11.2. The van der Waals surface area contributed by atoms with Gasteiger partial charge in [0.1, 0.15) is 5.54 Å². The van der Waals surface area contributed by atoms with Crippen molar-refractivity contribution < 1.29 is 9.90 Å². The molecule has 0 heterocycles. The molecule has 1 fully saturated rings. The third-order valence-corrected chi connectivity index (χ3v) is 3.86. The summed E-state index contributed by atoms with van der Waals surface area (Å²) in [7, 11) is 0. The molecule has 2 N–H and O–H groups in total. The first-order valence-corrected chi connectivity index (χ1v) is 6.40. The average Bonchev–Trinajstić information content (AvgIpc) is 2.10. The summed E-state index contributed by atoms with van der Waals surface area (Å²) in [6.07, 6.45) is 3.86. The van der Waals surface area contributed by atoms with E-state index in [1.54, 1.807) is 0 Å². The van der Waals surface area contributed by atoms with Crippen LogP contribution in [0.25, 0.3) is 0 Å². The summed E-state index contributed by atoms with van der Waals surface area (Å²) in [5.41, 5.74) is -0.735. The Morgan fingerprint density at radius 3 is 2.44 bits per heavy atom. The van der Waals surface area contributed by atoms with E-state index in [0.717, 1.165) is 31.1 Å². The minimum Gasteiger partial charge on any atom is -0.480 e. The number of rotatable bonds is 6. The van der Waals surface area contributed by atoms with E-state index < -0.39 is 11.5 Å². The maximum absolute atomic E-state index is 11.2. The molecule has 94 valence electrons. The van der Waals surface area contributed by atoms with Crippen LogP contribution in [0, 0.1) is 11.8 Å². The molecule has 1 unspecified atom stereocenters.